The van der Waals surface area contributed by atoms with Crippen LogP contribution in [-0.4, -0.2) is 61.5 Å². The van der Waals surface area contributed by atoms with E-state index in [1.165, 1.54) is 18.6 Å². The number of carbonyl (C=O) groups is 1. The molecule has 4 heterocycles. The van der Waals surface area contributed by atoms with Crippen molar-refractivity contribution in [3.8, 4) is 5.82 Å². The summed E-state index contributed by atoms with van der Waals surface area (Å²) < 4.78 is 15.2. The van der Waals surface area contributed by atoms with Crippen LogP contribution in [0.4, 0.5) is 10.2 Å². The van der Waals surface area contributed by atoms with Crippen molar-refractivity contribution in [3.63, 3.8) is 0 Å². The number of hydrogen-bond acceptors (Lipinski definition) is 6. The van der Waals surface area contributed by atoms with Gasteiger partial charge in [-0.25, -0.2) is 19.3 Å². The molecule has 0 spiro atoms. The van der Waals surface area contributed by atoms with Gasteiger partial charge in [-0.05, 0) is 13.0 Å². The molecule has 0 N–H and O–H groups in total. The lowest BCUT2D eigenvalue weighted by Crippen LogP contribution is -2.49. The van der Waals surface area contributed by atoms with E-state index in [-0.39, 0.29) is 11.5 Å². The summed E-state index contributed by atoms with van der Waals surface area (Å²) in [5.41, 5.74) is 0.267. The number of amides is 1. The van der Waals surface area contributed by atoms with Crippen LogP contribution in [0.1, 0.15) is 16.2 Å². The van der Waals surface area contributed by atoms with Gasteiger partial charge >= 0.3 is 0 Å². The number of hydrogen-bond donors (Lipinski definition) is 0. The van der Waals surface area contributed by atoms with Crippen molar-refractivity contribution < 1.29 is 9.18 Å². The van der Waals surface area contributed by atoms with Crippen LogP contribution in [0.3, 0.4) is 0 Å². The van der Waals surface area contributed by atoms with E-state index >= 15 is 0 Å². The molecule has 3 aromatic heterocycles. The van der Waals surface area contributed by atoms with E-state index in [1.807, 2.05) is 23.8 Å². The van der Waals surface area contributed by atoms with E-state index < -0.39 is 5.82 Å². The topological polar surface area (TPSA) is 80.0 Å². The van der Waals surface area contributed by atoms with Crippen molar-refractivity contribution in [1.82, 2.24) is 29.4 Å². The maximum Gasteiger partial charge on any atom is 0.255 e. The first-order valence-corrected chi connectivity index (χ1v) is 8.59. The molecule has 1 aliphatic heterocycles. The number of carbonyl (C=O) groups excluding carboxylic acids is 1. The molecule has 0 unspecified atom stereocenters. The first kappa shape index (κ1) is 17.1. The van der Waals surface area contributed by atoms with Crippen LogP contribution >= 0.6 is 0 Å². The third-order valence-corrected chi connectivity index (χ3v) is 4.55. The van der Waals surface area contributed by atoms with E-state index in [0.29, 0.717) is 26.2 Å². The van der Waals surface area contributed by atoms with E-state index in [9.17, 15) is 9.18 Å². The third-order valence-electron chi connectivity index (χ3n) is 4.55. The zero-order chi connectivity index (χ0) is 18.8. The molecule has 0 bridgehead atoms. The first-order chi connectivity index (χ1) is 13.1. The number of piperazine rings is 1. The highest BCUT2D eigenvalue weighted by atomic mass is 19.1. The molecule has 1 fully saturated rings. The zero-order valence-electron chi connectivity index (χ0n) is 14.8. The molecule has 9 heteroatoms. The number of nitrogens with zero attached hydrogens (tertiary/aromatic N) is 7. The molecule has 0 atom stereocenters. The van der Waals surface area contributed by atoms with Gasteiger partial charge in [0.05, 0.1) is 11.8 Å². The van der Waals surface area contributed by atoms with Crippen LogP contribution in [0.2, 0.25) is 0 Å². The fourth-order valence-corrected chi connectivity index (χ4v) is 3.11. The Kier molecular flexibility index (Phi) is 4.49. The predicted octanol–water partition coefficient (Wildman–Crippen LogP) is 1.47. The molecule has 1 aliphatic rings. The molecule has 0 radical (unpaired) electrons. The highest BCUT2D eigenvalue weighted by molar-refractivity contribution is 5.94. The molecule has 3 aromatic rings. The van der Waals surface area contributed by atoms with Gasteiger partial charge in [-0.1, -0.05) is 0 Å². The monoisotopic (exact) mass is 367 g/mol. The van der Waals surface area contributed by atoms with Crippen LogP contribution in [-0.2, 0) is 0 Å². The average Bonchev–Trinajstić information content (AvgIpc) is 3.13. The molecule has 4 rings (SSSR count). The molecule has 27 heavy (non-hydrogen) atoms. The number of aromatic nitrogens is 5. The minimum Gasteiger partial charge on any atom is -0.353 e. The van der Waals surface area contributed by atoms with Gasteiger partial charge in [0.25, 0.3) is 5.91 Å². The number of rotatable bonds is 3. The van der Waals surface area contributed by atoms with Gasteiger partial charge in [-0.15, -0.1) is 0 Å². The van der Waals surface area contributed by atoms with Crippen molar-refractivity contribution in [1.29, 1.82) is 0 Å². The SMILES string of the molecule is Cc1nccn1-c1cc(N2CCN(C(=O)c3cncc(F)c3)CC2)ncn1. The Hall–Kier alpha value is -3.36. The minimum absolute atomic E-state index is 0.209. The molecule has 0 saturated carbocycles. The Morgan fingerprint density at radius 2 is 1.81 bits per heavy atom. The Morgan fingerprint density at radius 3 is 2.52 bits per heavy atom. The van der Waals surface area contributed by atoms with Crippen LogP contribution in [0.5, 0.6) is 0 Å². The fraction of sp³-hybridized carbons (Fsp3) is 0.278. The highest BCUT2D eigenvalue weighted by Crippen LogP contribution is 2.18. The maximum atomic E-state index is 13.3. The fourth-order valence-electron chi connectivity index (χ4n) is 3.11. The minimum atomic E-state index is -0.511. The summed E-state index contributed by atoms with van der Waals surface area (Å²) in [6, 6.07) is 3.12. The summed E-state index contributed by atoms with van der Waals surface area (Å²) in [5.74, 6) is 1.67. The Balaban J connectivity index is 1.45. The molecule has 8 nitrogen and oxygen atoms in total. The molecule has 0 aliphatic carbocycles. The lowest BCUT2D eigenvalue weighted by Gasteiger charge is -2.35. The number of aryl methyl sites for hydroxylation is 1. The summed E-state index contributed by atoms with van der Waals surface area (Å²) in [5, 5.41) is 0. The summed E-state index contributed by atoms with van der Waals surface area (Å²) >= 11 is 0. The van der Waals surface area contributed by atoms with Gasteiger partial charge in [-0.3, -0.25) is 14.3 Å². The van der Waals surface area contributed by atoms with Crippen molar-refractivity contribution in [2.75, 3.05) is 31.1 Å². The molecular weight excluding hydrogens is 349 g/mol. The van der Waals surface area contributed by atoms with Crippen molar-refractivity contribution in [2.24, 2.45) is 0 Å². The van der Waals surface area contributed by atoms with Gasteiger partial charge in [0.2, 0.25) is 0 Å². The van der Waals surface area contributed by atoms with E-state index in [1.54, 1.807) is 11.1 Å². The number of anilines is 1. The zero-order valence-corrected chi connectivity index (χ0v) is 14.8. The molecule has 0 aromatic carbocycles. The number of pyridine rings is 1. The Labute approximate surface area is 155 Å². The van der Waals surface area contributed by atoms with Gasteiger partial charge in [0.15, 0.2) is 0 Å². The molecular formula is C18H18FN7O. The van der Waals surface area contributed by atoms with E-state index in [4.69, 9.17) is 0 Å². The lowest BCUT2D eigenvalue weighted by molar-refractivity contribution is 0.0745. The summed E-state index contributed by atoms with van der Waals surface area (Å²) in [6.07, 6.45) is 7.58. The van der Waals surface area contributed by atoms with Crippen LogP contribution < -0.4 is 4.90 Å². The van der Waals surface area contributed by atoms with Crippen LogP contribution in [0.15, 0.2) is 43.2 Å². The van der Waals surface area contributed by atoms with E-state index in [0.717, 1.165) is 23.7 Å². The highest BCUT2D eigenvalue weighted by Gasteiger charge is 2.23. The first-order valence-electron chi connectivity index (χ1n) is 8.59. The normalized spacial score (nSPS) is 14.4. The number of imidazole rings is 1. The summed E-state index contributed by atoms with van der Waals surface area (Å²) in [6.45, 7) is 4.23. The largest absolute Gasteiger partial charge is 0.353 e. The average molecular weight is 367 g/mol. The quantitative estimate of drug-likeness (QED) is 0.697. The number of halogens is 1. The smallest absolute Gasteiger partial charge is 0.255 e. The standard InChI is InChI=1S/C18H18FN7O/c1-13-21-2-3-26(13)17-9-16(22-12-23-17)24-4-6-25(7-5-24)18(27)14-8-15(19)11-20-10-14/h2-3,8-12H,4-7H2,1H3. The van der Waals surface area contributed by atoms with Gasteiger partial charge in [-0.2, -0.15) is 0 Å². The van der Waals surface area contributed by atoms with Crippen LogP contribution in [0.25, 0.3) is 5.82 Å². The van der Waals surface area contributed by atoms with Crippen molar-refractivity contribution >= 4 is 11.7 Å². The summed E-state index contributed by atoms with van der Waals surface area (Å²) in [7, 11) is 0. The Bertz CT molecular complexity index is 966. The van der Waals surface area contributed by atoms with Crippen LogP contribution in [0, 0.1) is 12.7 Å². The Morgan fingerprint density at radius 1 is 1.04 bits per heavy atom. The second-order valence-electron chi connectivity index (χ2n) is 6.25. The van der Waals surface area contributed by atoms with Crippen molar-refractivity contribution in [2.45, 2.75) is 6.92 Å². The molecule has 1 saturated heterocycles. The van der Waals surface area contributed by atoms with Crippen molar-refractivity contribution in [3.05, 3.63) is 60.5 Å². The second-order valence-corrected chi connectivity index (χ2v) is 6.25. The molecule has 138 valence electrons. The van der Waals surface area contributed by atoms with Gasteiger partial charge in [0, 0.05) is 50.8 Å². The predicted molar refractivity (Wildman–Crippen MR) is 96.2 cm³/mol. The third kappa shape index (κ3) is 3.48. The maximum absolute atomic E-state index is 13.3. The van der Waals surface area contributed by atoms with Gasteiger partial charge < -0.3 is 9.80 Å². The van der Waals surface area contributed by atoms with Gasteiger partial charge in [0.1, 0.15) is 29.6 Å². The van der Waals surface area contributed by atoms with E-state index in [2.05, 4.69) is 24.8 Å². The summed E-state index contributed by atoms with van der Waals surface area (Å²) in [4.78, 5) is 32.9. The lowest BCUT2D eigenvalue weighted by atomic mass is 10.2. The molecule has 1 amide bonds. The second kappa shape index (κ2) is 7.10.